The first kappa shape index (κ1) is 30.3. The molecule has 0 aliphatic carbocycles. The molecule has 1 aromatic heterocycles. The van der Waals surface area contributed by atoms with Gasteiger partial charge in [0.05, 0.1) is 17.8 Å². The van der Waals surface area contributed by atoms with Gasteiger partial charge in [-0.1, -0.05) is 94.7 Å². The molecule has 208 valence electrons. The second kappa shape index (κ2) is 14.8. The first-order valence-corrected chi connectivity index (χ1v) is 14.9. The molecule has 0 aliphatic heterocycles. The molecule has 0 saturated carbocycles. The molecule has 1 atom stereocenters. The molecule has 0 radical (unpaired) electrons. The fraction of sp³-hybridized carbons (Fsp3) is 0.516. The highest BCUT2D eigenvalue weighted by molar-refractivity contribution is 7.13. The van der Waals surface area contributed by atoms with E-state index in [4.69, 9.17) is 4.98 Å². The summed E-state index contributed by atoms with van der Waals surface area (Å²) in [7, 11) is 0. The molecular formula is C31H41F3N2OS. The zero-order valence-electron chi connectivity index (χ0n) is 22.7. The molecule has 7 heteroatoms. The number of quaternary nitrogens is 1. The number of benzene rings is 2. The van der Waals surface area contributed by atoms with Crippen molar-refractivity contribution in [3.8, 4) is 10.6 Å². The Morgan fingerprint density at radius 3 is 1.82 bits per heavy atom. The summed E-state index contributed by atoms with van der Waals surface area (Å²) in [4.78, 5) is 4.82. The average Bonchev–Trinajstić information content (AvgIpc) is 3.37. The Bertz CT molecular complexity index is 1080. The van der Waals surface area contributed by atoms with E-state index in [-0.39, 0.29) is 13.1 Å². The van der Waals surface area contributed by atoms with E-state index in [1.807, 2.05) is 31.2 Å². The molecule has 0 bridgehead atoms. The van der Waals surface area contributed by atoms with Crippen LogP contribution in [0.25, 0.3) is 10.6 Å². The summed E-state index contributed by atoms with van der Waals surface area (Å²) in [5.41, 5.74) is 3.00. The van der Waals surface area contributed by atoms with Gasteiger partial charge in [-0.3, -0.25) is 0 Å². The Morgan fingerprint density at radius 2 is 1.29 bits per heavy atom. The highest BCUT2D eigenvalue weighted by Crippen LogP contribution is 2.30. The Hall–Kier alpha value is -2.22. The van der Waals surface area contributed by atoms with Crippen molar-refractivity contribution in [3.63, 3.8) is 0 Å². The summed E-state index contributed by atoms with van der Waals surface area (Å²) in [5.74, 6) is 0. The van der Waals surface area contributed by atoms with E-state index in [2.05, 4.69) is 12.3 Å². The summed E-state index contributed by atoms with van der Waals surface area (Å²) in [6.07, 6.45) is 8.48. The molecule has 0 aliphatic rings. The van der Waals surface area contributed by atoms with Crippen LogP contribution in [-0.4, -0.2) is 16.2 Å². The van der Waals surface area contributed by atoms with Crippen molar-refractivity contribution in [1.82, 2.24) is 4.98 Å². The van der Waals surface area contributed by atoms with Crippen LogP contribution in [0.5, 0.6) is 0 Å². The van der Waals surface area contributed by atoms with Crippen LogP contribution in [0.2, 0.25) is 0 Å². The zero-order chi connectivity index (χ0) is 27.4. The average molecular weight is 547 g/mol. The van der Waals surface area contributed by atoms with Gasteiger partial charge in [-0.2, -0.15) is 13.2 Å². The lowest BCUT2D eigenvalue weighted by molar-refractivity contribution is -0.905. The summed E-state index contributed by atoms with van der Waals surface area (Å²) < 4.78 is 38.0. The highest BCUT2D eigenvalue weighted by Gasteiger charge is 2.30. The van der Waals surface area contributed by atoms with Crippen LogP contribution < -0.4 is 0 Å². The van der Waals surface area contributed by atoms with Gasteiger partial charge in [-0.05, 0) is 31.9 Å². The lowest BCUT2D eigenvalue weighted by atomic mass is 10.1. The van der Waals surface area contributed by atoms with Gasteiger partial charge in [0.15, 0.2) is 0 Å². The summed E-state index contributed by atoms with van der Waals surface area (Å²) in [6, 6.07) is 12.8. The van der Waals surface area contributed by atoms with Gasteiger partial charge in [0.2, 0.25) is 0 Å². The van der Waals surface area contributed by atoms with Crippen LogP contribution in [0.4, 0.5) is 13.2 Å². The second-order valence-corrected chi connectivity index (χ2v) is 11.2. The Morgan fingerprint density at radius 1 is 0.763 bits per heavy atom. The number of alkyl halides is 3. The molecule has 3 rings (SSSR count). The smallest absolute Gasteiger partial charge is 0.416 e. The minimum absolute atomic E-state index is 0.130. The van der Waals surface area contributed by atoms with Crippen LogP contribution in [-0.2, 0) is 25.7 Å². The van der Waals surface area contributed by atoms with Crippen molar-refractivity contribution in [2.75, 3.05) is 6.54 Å². The van der Waals surface area contributed by atoms with Gasteiger partial charge in [0.25, 0.3) is 0 Å². The standard InChI is InChI=1S/C31H41F3N2OS/c1-3-5-6-7-8-9-10-11-12-13-29-24-38-30(35-29)27-18-14-25(15-19-27)22-36(37,4-2)23-26-16-20-28(21-17-26)31(32,33)34/h14-21,24H,3-13,22-23H2,1-2H3. The maximum Gasteiger partial charge on any atom is 0.416 e. The van der Waals surface area contributed by atoms with Gasteiger partial charge < -0.3 is 9.85 Å². The number of nitrogens with zero attached hydrogens (tertiary/aromatic N) is 2. The fourth-order valence-corrected chi connectivity index (χ4v) is 5.53. The van der Waals surface area contributed by atoms with E-state index >= 15 is 0 Å². The molecule has 3 nitrogen and oxygen atoms in total. The maximum absolute atomic E-state index is 13.4. The Balaban J connectivity index is 1.47. The van der Waals surface area contributed by atoms with Crippen LogP contribution >= 0.6 is 11.3 Å². The number of hydrogen-bond donors (Lipinski definition) is 0. The van der Waals surface area contributed by atoms with E-state index in [0.717, 1.165) is 40.4 Å². The fourth-order valence-electron chi connectivity index (χ4n) is 4.67. The van der Waals surface area contributed by atoms with Crippen LogP contribution in [0.1, 0.15) is 94.0 Å². The first-order valence-electron chi connectivity index (χ1n) is 14.0. The molecule has 2 aromatic carbocycles. The first-order chi connectivity index (χ1) is 18.2. The molecule has 1 heterocycles. The third kappa shape index (κ3) is 9.83. The summed E-state index contributed by atoms with van der Waals surface area (Å²) >= 11 is 1.65. The van der Waals surface area contributed by atoms with Gasteiger partial charge >= 0.3 is 6.18 Å². The van der Waals surface area contributed by atoms with Crippen LogP contribution in [0, 0.1) is 5.21 Å². The third-order valence-electron chi connectivity index (χ3n) is 7.09. The summed E-state index contributed by atoms with van der Waals surface area (Å²) in [5, 5.41) is 16.5. The van der Waals surface area contributed by atoms with E-state index < -0.39 is 16.4 Å². The maximum atomic E-state index is 13.4. The number of hydroxylamine groups is 3. The quantitative estimate of drug-likeness (QED) is 0.102. The van der Waals surface area contributed by atoms with Gasteiger partial charge in [0, 0.05) is 22.1 Å². The second-order valence-electron chi connectivity index (χ2n) is 10.3. The molecule has 0 fully saturated rings. The lowest BCUT2D eigenvalue weighted by Gasteiger charge is -2.42. The Labute approximate surface area is 229 Å². The molecule has 1 unspecified atom stereocenters. The number of aryl methyl sites for hydroxylation is 1. The van der Waals surface area contributed by atoms with Crippen molar-refractivity contribution in [2.24, 2.45) is 0 Å². The van der Waals surface area contributed by atoms with Crippen LogP contribution in [0.15, 0.2) is 53.9 Å². The molecular weight excluding hydrogens is 505 g/mol. The molecule has 0 saturated heterocycles. The number of hydrogen-bond acceptors (Lipinski definition) is 3. The number of halogens is 3. The van der Waals surface area contributed by atoms with E-state index in [0.29, 0.717) is 12.1 Å². The number of unbranched alkanes of at least 4 members (excludes halogenated alkanes) is 8. The number of thiazole rings is 1. The highest BCUT2D eigenvalue weighted by atomic mass is 32.1. The monoisotopic (exact) mass is 546 g/mol. The SMILES string of the molecule is CCCCCCCCCCCc1csc(-c2ccc(C[N+]([O-])(CC)Cc3ccc(C(F)(F)F)cc3)cc2)n1. The number of aromatic nitrogens is 1. The van der Waals surface area contributed by atoms with Crippen molar-refractivity contribution >= 4 is 11.3 Å². The number of rotatable bonds is 16. The van der Waals surface area contributed by atoms with Crippen LogP contribution in [0.3, 0.4) is 0 Å². The van der Waals surface area contributed by atoms with Crippen molar-refractivity contribution in [1.29, 1.82) is 0 Å². The predicted molar refractivity (Wildman–Crippen MR) is 152 cm³/mol. The van der Waals surface area contributed by atoms with Crippen molar-refractivity contribution in [2.45, 2.75) is 97.3 Å². The zero-order valence-corrected chi connectivity index (χ0v) is 23.5. The molecule has 0 N–H and O–H groups in total. The topological polar surface area (TPSA) is 36.0 Å². The van der Waals surface area contributed by atoms with Gasteiger partial charge in [0.1, 0.15) is 18.1 Å². The van der Waals surface area contributed by atoms with Crippen molar-refractivity contribution < 1.29 is 17.8 Å². The molecule has 0 amide bonds. The minimum Gasteiger partial charge on any atom is -0.632 e. The van der Waals surface area contributed by atoms with Gasteiger partial charge in [-0.15, -0.1) is 11.3 Å². The Kier molecular flexibility index (Phi) is 11.8. The third-order valence-corrected chi connectivity index (χ3v) is 8.03. The van der Waals surface area contributed by atoms with E-state index in [9.17, 15) is 18.4 Å². The largest absolute Gasteiger partial charge is 0.632 e. The van der Waals surface area contributed by atoms with Gasteiger partial charge in [-0.25, -0.2) is 4.98 Å². The molecule has 3 aromatic rings. The normalized spacial score (nSPS) is 13.5. The van der Waals surface area contributed by atoms with E-state index in [1.54, 1.807) is 11.3 Å². The molecule has 38 heavy (non-hydrogen) atoms. The lowest BCUT2D eigenvalue weighted by Crippen LogP contribution is -2.40. The predicted octanol–water partition coefficient (Wildman–Crippen LogP) is 9.94. The molecule has 0 spiro atoms. The minimum atomic E-state index is -4.38. The van der Waals surface area contributed by atoms with Crippen molar-refractivity contribution in [3.05, 3.63) is 81.5 Å². The summed E-state index contributed by atoms with van der Waals surface area (Å²) in [6.45, 7) is 4.79. The van der Waals surface area contributed by atoms with E-state index in [1.165, 1.54) is 69.9 Å².